The van der Waals surface area contributed by atoms with Gasteiger partial charge in [-0.1, -0.05) is 54.1 Å². The predicted octanol–water partition coefficient (Wildman–Crippen LogP) is 7.25. The molecule has 2 aromatic heterocycles. The second kappa shape index (κ2) is 11.6. The molecule has 220 valence electrons. The van der Waals surface area contributed by atoms with Gasteiger partial charge in [0.2, 0.25) is 5.88 Å². The average molecular weight is 609 g/mol. The molecule has 2 aromatic carbocycles. The lowest BCUT2D eigenvalue weighted by molar-refractivity contribution is -0.154. The number of benzene rings is 2. The minimum absolute atomic E-state index is 0.0182. The summed E-state index contributed by atoms with van der Waals surface area (Å²) in [7, 11) is 3.18. The van der Waals surface area contributed by atoms with E-state index in [1.807, 2.05) is 0 Å². The molecule has 0 spiro atoms. The number of alkyl halides is 6. The van der Waals surface area contributed by atoms with Crippen LogP contribution in [0.3, 0.4) is 0 Å². The summed E-state index contributed by atoms with van der Waals surface area (Å²) in [5.41, 5.74) is -2.41. The Hall–Kier alpha value is -4.16. The molecule has 4 aromatic rings. The van der Waals surface area contributed by atoms with E-state index in [9.17, 15) is 31.4 Å². The molecular formula is C29H23ClF6N4O2. The fraction of sp³-hybridized carbons (Fsp3) is 0.207. The Morgan fingerprint density at radius 2 is 1.69 bits per heavy atom. The van der Waals surface area contributed by atoms with Gasteiger partial charge in [-0.25, -0.2) is 4.98 Å². The zero-order valence-corrected chi connectivity index (χ0v) is 22.9. The fourth-order valence-corrected chi connectivity index (χ4v) is 4.74. The molecule has 0 aliphatic heterocycles. The molecule has 13 heteroatoms. The molecule has 0 amide bonds. The number of hydrogen-bond donors (Lipinski definition) is 1. The van der Waals surface area contributed by atoms with Crippen LogP contribution in [0.1, 0.15) is 16.8 Å². The number of nitrogens with zero attached hydrogens (tertiary/aromatic N) is 4. The van der Waals surface area contributed by atoms with E-state index in [0.717, 1.165) is 18.3 Å². The molecule has 6 nitrogen and oxygen atoms in total. The molecular weight excluding hydrogens is 586 g/mol. The Balaban J connectivity index is 1.99. The molecule has 42 heavy (non-hydrogen) atoms. The summed E-state index contributed by atoms with van der Waals surface area (Å²) < 4.78 is 83.8. The van der Waals surface area contributed by atoms with Crippen molar-refractivity contribution in [1.82, 2.24) is 14.9 Å². The molecule has 0 aliphatic carbocycles. The van der Waals surface area contributed by atoms with E-state index in [2.05, 4.69) is 21.7 Å². The Morgan fingerprint density at radius 1 is 1.02 bits per heavy atom. The highest BCUT2D eigenvalue weighted by atomic mass is 35.5. The van der Waals surface area contributed by atoms with Crippen molar-refractivity contribution in [2.75, 3.05) is 20.7 Å². The number of likely N-dealkylation sites (N-methyl/N-ethyl adjacent to an activating group) is 1. The molecule has 0 fully saturated rings. The minimum atomic E-state index is -4.71. The van der Waals surface area contributed by atoms with Gasteiger partial charge in [0.15, 0.2) is 12.2 Å². The van der Waals surface area contributed by atoms with Crippen molar-refractivity contribution in [3.05, 3.63) is 101 Å². The highest BCUT2D eigenvalue weighted by Gasteiger charge is 2.40. The molecule has 1 atom stereocenters. The number of fused-ring (bicyclic) bond motifs is 1. The van der Waals surface area contributed by atoms with Crippen LogP contribution in [0.5, 0.6) is 5.88 Å². The molecule has 0 saturated heterocycles. The summed E-state index contributed by atoms with van der Waals surface area (Å²) in [5.74, 6) is -0.351. The predicted molar refractivity (Wildman–Crippen MR) is 147 cm³/mol. The van der Waals surface area contributed by atoms with E-state index in [0.29, 0.717) is 5.56 Å². The first-order chi connectivity index (χ1) is 19.7. The number of aromatic nitrogens is 2. The molecule has 0 bridgehead atoms. The quantitative estimate of drug-likeness (QED) is 0.169. The maximum Gasteiger partial charge on any atom is 0.433 e. The van der Waals surface area contributed by atoms with Gasteiger partial charge in [-0.05, 0) is 36.0 Å². The average Bonchev–Trinajstić information content (AvgIpc) is 2.94. The van der Waals surface area contributed by atoms with Crippen LogP contribution in [0.25, 0.3) is 22.0 Å². The van der Waals surface area contributed by atoms with Crippen LogP contribution in [0, 0.1) is 0 Å². The number of aliphatic imine (C=N–C) groups is 1. The Labute approximate surface area is 241 Å². The maximum atomic E-state index is 13.2. The molecule has 0 radical (unpaired) electrons. The molecule has 1 N–H and O–H groups in total. The van der Waals surface area contributed by atoms with Gasteiger partial charge in [0.25, 0.3) is 0 Å². The van der Waals surface area contributed by atoms with Crippen LogP contribution in [0.4, 0.5) is 26.3 Å². The third-order valence-corrected chi connectivity index (χ3v) is 6.67. The van der Waals surface area contributed by atoms with Crippen LogP contribution in [0.15, 0.2) is 83.7 Å². The molecule has 4 rings (SSSR count). The van der Waals surface area contributed by atoms with E-state index in [-0.39, 0.29) is 44.2 Å². The zero-order valence-electron chi connectivity index (χ0n) is 22.1. The van der Waals surface area contributed by atoms with Crippen molar-refractivity contribution < 1.29 is 36.2 Å². The van der Waals surface area contributed by atoms with Crippen molar-refractivity contribution in [2.24, 2.45) is 4.99 Å². The SMILES string of the molecule is C=N/C=C(\N(C)C)C(O)(c1ccc(C(F)(F)F)nc1)c1ccc2nc(OCC(F)(F)F)c(-c3ccccc3)c(Cl)c2c1. The Bertz CT molecular complexity index is 1620. The summed E-state index contributed by atoms with van der Waals surface area (Å²) in [5, 5.41) is 12.5. The molecule has 0 saturated carbocycles. The Kier molecular flexibility index (Phi) is 8.51. The largest absolute Gasteiger partial charge is 0.468 e. The summed E-state index contributed by atoms with van der Waals surface area (Å²) in [6, 6.07) is 14.4. The first-order valence-electron chi connectivity index (χ1n) is 12.2. The number of pyridine rings is 2. The monoisotopic (exact) mass is 608 g/mol. The van der Waals surface area contributed by atoms with E-state index in [1.54, 1.807) is 44.4 Å². The van der Waals surface area contributed by atoms with E-state index >= 15 is 0 Å². The number of hydrogen-bond acceptors (Lipinski definition) is 6. The lowest BCUT2D eigenvalue weighted by Crippen LogP contribution is -2.36. The van der Waals surface area contributed by atoms with E-state index in [1.165, 1.54) is 29.3 Å². The molecule has 2 heterocycles. The second-order valence-corrected chi connectivity index (χ2v) is 9.72. The lowest BCUT2D eigenvalue weighted by Gasteiger charge is -2.35. The number of ether oxygens (including phenoxy) is 1. The summed E-state index contributed by atoms with van der Waals surface area (Å²) in [4.78, 5) is 13.0. The smallest absolute Gasteiger partial charge is 0.433 e. The second-order valence-electron chi connectivity index (χ2n) is 9.34. The van der Waals surface area contributed by atoms with Gasteiger partial charge in [-0.15, -0.1) is 0 Å². The molecule has 0 aliphatic rings. The maximum absolute atomic E-state index is 13.2. The normalized spacial score (nSPS) is 14.0. The van der Waals surface area contributed by atoms with Crippen LogP contribution >= 0.6 is 11.6 Å². The van der Waals surface area contributed by atoms with Gasteiger partial charge in [0.1, 0.15) is 5.69 Å². The van der Waals surface area contributed by atoms with E-state index in [4.69, 9.17) is 16.3 Å². The van der Waals surface area contributed by atoms with Crippen molar-refractivity contribution in [2.45, 2.75) is 18.0 Å². The summed E-state index contributed by atoms with van der Waals surface area (Å²) in [6.45, 7) is 1.82. The third kappa shape index (κ3) is 6.19. The van der Waals surface area contributed by atoms with Gasteiger partial charge >= 0.3 is 12.4 Å². The third-order valence-electron chi connectivity index (χ3n) is 6.28. The van der Waals surface area contributed by atoms with Crippen LogP contribution < -0.4 is 4.74 Å². The van der Waals surface area contributed by atoms with Crippen molar-refractivity contribution in [3.63, 3.8) is 0 Å². The fourth-order valence-electron chi connectivity index (χ4n) is 4.39. The highest BCUT2D eigenvalue weighted by molar-refractivity contribution is 6.38. The van der Waals surface area contributed by atoms with Crippen molar-refractivity contribution in [1.29, 1.82) is 0 Å². The standard InChI is InChI=1S/C29H23ClF6N4O2/c1-37-15-23(40(2)3)28(41,19-10-12-22(38-14-19)29(34,35)36)18-9-11-21-20(13-18)25(30)24(17-7-5-4-6-8-17)26(39-21)42-16-27(31,32)33/h4-15,41H,1,16H2,2-3H3/b23-15-. The highest BCUT2D eigenvalue weighted by Crippen LogP contribution is 2.44. The summed E-state index contributed by atoms with van der Waals surface area (Å²) in [6.07, 6.45) is -7.20. The van der Waals surface area contributed by atoms with Gasteiger partial charge < -0.3 is 14.7 Å². The number of rotatable bonds is 8. The Morgan fingerprint density at radius 3 is 2.24 bits per heavy atom. The van der Waals surface area contributed by atoms with Crippen LogP contribution in [0.2, 0.25) is 5.02 Å². The van der Waals surface area contributed by atoms with Gasteiger partial charge in [-0.3, -0.25) is 9.98 Å². The topological polar surface area (TPSA) is 70.8 Å². The van der Waals surface area contributed by atoms with Gasteiger partial charge in [0.05, 0.1) is 21.8 Å². The number of aliphatic hydroxyl groups is 1. The first-order valence-corrected chi connectivity index (χ1v) is 12.5. The van der Waals surface area contributed by atoms with Crippen molar-refractivity contribution >= 4 is 29.2 Å². The lowest BCUT2D eigenvalue weighted by atomic mass is 9.83. The van der Waals surface area contributed by atoms with Gasteiger partial charge in [-0.2, -0.15) is 26.3 Å². The van der Waals surface area contributed by atoms with Crippen molar-refractivity contribution in [3.8, 4) is 17.0 Å². The van der Waals surface area contributed by atoms with Crippen LogP contribution in [-0.4, -0.2) is 53.6 Å². The van der Waals surface area contributed by atoms with Gasteiger partial charge in [0, 0.05) is 37.4 Å². The zero-order chi connectivity index (χ0) is 30.9. The number of halogens is 7. The van der Waals surface area contributed by atoms with Crippen LogP contribution in [-0.2, 0) is 11.8 Å². The van der Waals surface area contributed by atoms with E-state index < -0.39 is 30.3 Å². The first kappa shape index (κ1) is 30.8. The summed E-state index contributed by atoms with van der Waals surface area (Å²) >= 11 is 6.80. The minimum Gasteiger partial charge on any atom is -0.468 e. The molecule has 1 unspecified atom stereocenters.